The SMILES string of the molecule is O=C(CCn1ccc(=O)[nH]c1=O)N1CC[C@@H](c2ccccc2)S(=O)(=O)CC1. The molecule has 1 aliphatic heterocycles. The van der Waals surface area contributed by atoms with Crippen molar-refractivity contribution in [1.82, 2.24) is 14.5 Å². The maximum Gasteiger partial charge on any atom is 0.328 e. The average molecular weight is 391 g/mol. The van der Waals surface area contributed by atoms with E-state index in [1.807, 2.05) is 6.07 Å². The van der Waals surface area contributed by atoms with Crippen LogP contribution in [0.5, 0.6) is 0 Å². The van der Waals surface area contributed by atoms with Crippen LogP contribution >= 0.6 is 0 Å². The van der Waals surface area contributed by atoms with Crippen LogP contribution in [0.25, 0.3) is 0 Å². The predicted octanol–water partition coefficient (Wildman–Crippen LogP) is 0.315. The lowest BCUT2D eigenvalue weighted by atomic mass is 10.1. The quantitative estimate of drug-likeness (QED) is 0.807. The van der Waals surface area contributed by atoms with Gasteiger partial charge in [0.25, 0.3) is 5.56 Å². The van der Waals surface area contributed by atoms with Gasteiger partial charge in [0.1, 0.15) is 0 Å². The fraction of sp³-hybridized carbons (Fsp3) is 0.389. The third-order valence-electron chi connectivity index (χ3n) is 4.73. The van der Waals surface area contributed by atoms with Crippen molar-refractivity contribution in [3.63, 3.8) is 0 Å². The molecule has 144 valence electrons. The fourth-order valence-electron chi connectivity index (χ4n) is 3.23. The number of H-pyrrole nitrogens is 1. The van der Waals surface area contributed by atoms with Crippen LogP contribution in [0.1, 0.15) is 23.7 Å². The van der Waals surface area contributed by atoms with Gasteiger partial charge < -0.3 is 9.47 Å². The molecule has 0 bridgehead atoms. The highest BCUT2D eigenvalue weighted by molar-refractivity contribution is 7.91. The maximum absolute atomic E-state index is 12.6. The van der Waals surface area contributed by atoms with Gasteiger partial charge in [0.2, 0.25) is 5.91 Å². The molecule has 0 aliphatic carbocycles. The maximum atomic E-state index is 12.6. The molecule has 1 fully saturated rings. The lowest BCUT2D eigenvalue weighted by Crippen LogP contribution is -2.35. The number of aryl methyl sites for hydroxylation is 1. The van der Waals surface area contributed by atoms with Crippen LogP contribution < -0.4 is 11.2 Å². The first-order valence-electron chi connectivity index (χ1n) is 8.71. The van der Waals surface area contributed by atoms with E-state index in [-0.39, 0.29) is 31.2 Å². The zero-order valence-electron chi connectivity index (χ0n) is 14.7. The minimum Gasteiger partial charge on any atom is -0.342 e. The third-order valence-corrected chi connectivity index (χ3v) is 6.85. The first-order valence-corrected chi connectivity index (χ1v) is 10.4. The molecule has 0 spiro atoms. The van der Waals surface area contributed by atoms with Crippen molar-refractivity contribution in [2.75, 3.05) is 18.8 Å². The van der Waals surface area contributed by atoms with Gasteiger partial charge >= 0.3 is 5.69 Å². The number of benzene rings is 1. The van der Waals surface area contributed by atoms with E-state index in [1.165, 1.54) is 21.7 Å². The first kappa shape index (κ1) is 19.1. The molecule has 0 saturated carbocycles. The van der Waals surface area contributed by atoms with Gasteiger partial charge in [0.15, 0.2) is 9.84 Å². The highest BCUT2D eigenvalue weighted by atomic mass is 32.2. The lowest BCUT2D eigenvalue weighted by molar-refractivity contribution is -0.131. The summed E-state index contributed by atoms with van der Waals surface area (Å²) < 4.78 is 26.5. The Kier molecular flexibility index (Phi) is 5.59. The minimum absolute atomic E-state index is 0.0575. The van der Waals surface area contributed by atoms with Gasteiger partial charge in [-0.05, 0) is 12.0 Å². The van der Waals surface area contributed by atoms with Crippen LogP contribution in [-0.4, -0.2) is 47.6 Å². The second-order valence-electron chi connectivity index (χ2n) is 6.49. The summed E-state index contributed by atoms with van der Waals surface area (Å²) >= 11 is 0. The monoisotopic (exact) mass is 391 g/mol. The van der Waals surface area contributed by atoms with Crippen molar-refractivity contribution in [2.24, 2.45) is 0 Å². The molecule has 3 rings (SSSR count). The Balaban J connectivity index is 1.67. The van der Waals surface area contributed by atoms with Gasteiger partial charge in [0, 0.05) is 38.3 Å². The molecule has 0 unspecified atom stereocenters. The van der Waals surface area contributed by atoms with Gasteiger partial charge in [-0.15, -0.1) is 0 Å². The summed E-state index contributed by atoms with van der Waals surface area (Å²) in [6.07, 6.45) is 1.74. The second-order valence-corrected chi connectivity index (χ2v) is 8.79. The largest absolute Gasteiger partial charge is 0.342 e. The van der Waals surface area contributed by atoms with Gasteiger partial charge in [-0.3, -0.25) is 14.6 Å². The third kappa shape index (κ3) is 4.54. The normalized spacial score (nSPS) is 19.4. The smallest absolute Gasteiger partial charge is 0.328 e. The van der Waals surface area contributed by atoms with Crippen molar-refractivity contribution in [2.45, 2.75) is 24.6 Å². The topological polar surface area (TPSA) is 109 Å². The summed E-state index contributed by atoms with van der Waals surface area (Å²) in [7, 11) is -3.35. The molecule has 1 N–H and O–H groups in total. The van der Waals surface area contributed by atoms with E-state index in [4.69, 9.17) is 0 Å². The van der Waals surface area contributed by atoms with E-state index in [1.54, 1.807) is 24.3 Å². The first-order chi connectivity index (χ1) is 12.9. The van der Waals surface area contributed by atoms with E-state index < -0.39 is 26.3 Å². The number of aromatic amines is 1. The van der Waals surface area contributed by atoms with Gasteiger partial charge in [-0.25, -0.2) is 13.2 Å². The molecule has 2 aromatic rings. The van der Waals surface area contributed by atoms with E-state index in [2.05, 4.69) is 4.98 Å². The molecule has 1 amide bonds. The number of rotatable bonds is 4. The van der Waals surface area contributed by atoms with E-state index in [0.29, 0.717) is 13.0 Å². The number of nitrogens with zero attached hydrogens (tertiary/aromatic N) is 2. The summed E-state index contributed by atoms with van der Waals surface area (Å²) in [6.45, 7) is 0.614. The number of nitrogens with one attached hydrogen (secondary N) is 1. The Bertz CT molecular complexity index is 1030. The van der Waals surface area contributed by atoms with Crippen LogP contribution in [0.15, 0.2) is 52.2 Å². The summed E-state index contributed by atoms with van der Waals surface area (Å²) in [5.41, 5.74) is -0.322. The van der Waals surface area contributed by atoms with Crippen LogP contribution in [0.4, 0.5) is 0 Å². The fourth-order valence-corrected chi connectivity index (χ4v) is 5.03. The van der Waals surface area contributed by atoms with E-state index in [9.17, 15) is 22.8 Å². The molecular weight excluding hydrogens is 370 g/mol. The minimum atomic E-state index is -3.35. The molecule has 2 heterocycles. The van der Waals surface area contributed by atoms with Crippen molar-refractivity contribution < 1.29 is 13.2 Å². The Labute approximate surface area is 156 Å². The number of carbonyl (C=O) groups is 1. The predicted molar refractivity (Wildman–Crippen MR) is 100 cm³/mol. The number of carbonyl (C=O) groups excluding carboxylic acids is 1. The molecule has 1 aromatic heterocycles. The zero-order valence-corrected chi connectivity index (χ0v) is 15.5. The van der Waals surface area contributed by atoms with Crippen LogP contribution in [0.2, 0.25) is 0 Å². The van der Waals surface area contributed by atoms with Crippen molar-refractivity contribution >= 4 is 15.7 Å². The molecule has 1 atom stereocenters. The van der Waals surface area contributed by atoms with Crippen molar-refractivity contribution in [3.8, 4) is 0 Å². The second kappa shape index (κ2) is 7.91. The Morgan fingerprint density at radius 3 is 2.56 bits per heavy atom. The van der Waals surface area contributed by atoms with Crippen LogP contribution in [0.3, 0.4) is 0 Å². The summed E-state index contributed by atoms with van der Waals surface area (Å²) in [6, 6.07) is 10.3. The zero-order chi connectivity index (χ0) is 19.4. The van der Waals surface area contributed by atoms with Gasteiger partial charge in [-0.2, -0.15) is 0 Å². The van der Waals surface area contributed by atoms with E-state index in [0.717, 1.165) is 5.56 Å². The number of hydrogen-bond acceptors (Lipinski definition) is 5. The summed E-state index contributed by atoms with van der Waals surface area (Å²) in [5, 5.41) is -0.613. The number of amides is 1. The Morgan fingerprint density at radius 2 is 1.85 bits per heavy atom. The van der Waals surface area contributed by atoms with Crippen molar-refractivity contribution in [3.05, 3.63) is 69.0 Å². The average Bonchev–Trinajstić information content (AvgIpc) is 2.79. The van der Waals surface area contributed by atoms with Gasteiger partial charge in [0.05, 0.1) is 11.0 Å². The molecule has 0 radical (unpaired) electrons. The molecule has 8 nitrogen and oxygen atoms in total. The summed E-state index contributed by atoms with van der Waals surface area (Å²) in [4.78, 5) is 38.9. The molecule has 9 heteroatoms. The van der Waals surface area contributed by atoms with Crippen LogP contribution in [-0.2, 0) is 21.2 Å². The highest BCUT2D eigenvalue weighted by Crippen LogP contribution is 2.29. The Hall–Kier alpha value is -2.68. The molecular formula is C18H21N3O5S. The van der Waals surface area contributed by atoms with Gasteiger partial charge in [-0.1, -0.05) is 30.3 Å². The number of sulfone groups is 1. The lowest BCUT2D eigenvalue weighted by Gasteiger charge is -2.20. The van der Waals surface area contributed by atoms with Crippen molar-refractivity contribution in [1.29, 1.82) is 0 Å². The highest BCUT2D eigenvalue weighted by Gasteiger charge is 2.32. The number of aromatic nitrogens is 2. The molecule has 1 aliphatic rings. The molecule has 1 saturated heterocycles. The van der Waals surface area contributed by atoms with Crippen LogP contribution in [0, 0.1) is 0 Å². The standard InChI is InChI=1S/C18H21N3O5S/c22-16-7-10-21(18(24)19-16)11-8-17(23)20-9-6-15(27(25,26)13-12-20)14-4-2-1-3-5-14/h1-5,7,10,15H,6,8-9,11-13H2,(H,19,22,24)/t15-/m0/s1. The molecule has 1 aromatic carbocycles. The number of hydrogen-bond donors (Lipinski definition) is 1. The molecule has 27 heavy (non-hydrogen) atoms. The Morgan fingerprint density at radius 1 is 1.11 bits per heavy atom. The summed E-state index contributed by atoms with van der Waals surface area (Å²) in [5.74, 6) is -0.298. The van der Waals surface area contributed by atoms with E-state index >= 15 is 0 Å².